The summed E-state index contributed by atoms with van der Waals surface area (Å²) in [7, 11) is 2.70. The van der Waals surface area contributed by atoms with E-state index in [0.717, 1.165) is 5.56 Å². The second-order valence-electron chi connectivity index (χ2n) is 3.81. The van der Waals surface area contributed by atoms with Crippen molar-refractivity contribution in [2.75, 3.05) is 14.2 Å². The largest absolute Gasteiger partial charge is 0.468 e. The highest BCUT2D eigenvalue weighted by atomic mass is 16.5. The first-order valence-electron chi connectivity index (χ1n) is 5.57. The first kappa shape index (κ1) is 14.2. The summed E-state index contributed by atoms with van der Waals surface area (Å²) in [6.45, 7) is 2.26. The molecule has 5 nitrogen and oxygen atoms in total. The molecule has 18 heavy (non-hydrogen) atoms. The van der Waals surface area contributed by atoms with Crippen LogP contribution in [0.2, 0.25) is 0 Å². The first-order chi connectivity index (χ1) is 8.58. The van der Waals surface area contributed by atoms with E-state index in [-0.39, 0.29) is 18.0 Å². The van der Waals surface area contributed by atoms with Crippen LogP contribution < -0.4 is 5.32 Å². The molecule has 0 aromatic heterocycles. The number of esters is 2. The van der Waals surface area contributed by atoms with Crippen LogP contribution in [-0.2, 0) is 20.8 Å². The molecule has 0 heterocycles. The molecule has 0 aliphatic carbocycles. The van der Waals surface area contributed by atoms with Crippen LogP contribution >= 0.6 is 0 Å². The average molecular weight is 251 g/mol. The Balaban J connectivity index is 2.54. The Hall–Kier alpha value is -1.88. The topological polar surface area (TPSA) is 64.6 Å². The standard InChI is InChI=1S/C13H17NO4/c1-9(12(15)17-2)14-8-10-4-6-11(7-5-10)13(16)18-3/h4-7,9,14H,8H2,1-3H3/t9-/m1/s1. The van der Waals surface area contributed by atoms with E-state index in [9.17, 15) is 9.59 Å². The molecule has 1 aromatic rings. The first-order valence-corrected chi connectivity index (χ1v) is 5.57. The SMILES string of the molecule is COC(=O)c1ccc(CN[C@H](C)C(=O)OC)cc1. The molecule has 0 aliphatic rings. The van der Waals surface area contributed by atoms with Crippen molar-refractivity contribution in [3.63, 3.8) is 0 Å². The van der Waals surface area contributed by atoms with Crippen LogP contribution in [0.15, 0.2) is 24.3 Å². The fourth-order valence-electron chi connectivity index (χ4n) is 1.41. The van der Waals surface area contributed by atoms with Gasteiger partial charge in [0.05, 0.1) is 19.8 Å². The van der Waals surface area contributed by atoms with Gasteiger partial charge in [-0.2, -0.15) is 0 Å². The fraction of sp³-hybridized carbons (Fsp3) is 0.385. The average Bonchev–Trinajstić information content (AvgIpc) is 2.43. The number of carbonyl (C=O) groups is 2. The zero-order valence-corrected chi connectivity index (χ0v) is 10.7. The van der Waals surface area contributed by atoms with Gasteiger partial charge >= 0.3 is 11.9 Å². The second-order valence-corrected chi connectivity index (χ2v) is 3.81. The third-order valence-corrected chi connectivity index (χ3v) is 2.54. The van der Waals surface area contributed by atoms with Crippen LogP contribution in [0.25, 0.3) is 0 Å². The molecule has 1 rings (SSSR count). The third kappa shape index (κ3) is 3.85. The molecule has 0 bridgehead atoms. The summed E-state index contributed by atoms with van der Waals surface area (Å²) in [6, 6.07) is 6.62. The van der Waals surface area contributed by atoms with Gasteiger partial charge in [-0.1, -0.05) is 12.1 Å². The highest BCUT2D eigenvalue weighted by molar-refractivity contribution is 5.89. The van der Waals surface area contributed by atoms with Gasteiger partial charge in [0.15, 0.2) is 0 Å². The number of nitrogens with one attached hydrogen (secondary N) is 1. The van der Waals surface area contributed by atoms with Crippen LogP contribution in [-0.4, -0.2) is 32.2 Å². The van der Waals surface area contributed by atoms with Crippen molar-refractivity contribution in [2.45, 2.75) is 19.5 Å². The lowest BCUT2D eigenvalue weighted by molar-refractivity contribution is -0.142. The Morgan fingerprint density at radius 3 is 2.28 bits per heavy atom. The van der Waals surface area contributed by atoms with E-state index in [0.29, 0.717) is 12.1 Å². The Morgan fingerprint density at radius 2 is 1.78 bits per heavy atom. The van der Waals surface area contributed by atoms with Gasteiger partial charge < -0.3 is 14.8 Å². The van der Waals surface area contributed by atoms with Gasteiger partial charge in [-0.15, -0.1) is 0 Å². The van der Waals surface area contributed by atoms with Crippen molar-refractivity contribution in [1.82, 2.24) is 5.32 Å². The van der Waals surface area contributed by atoms with Crippen molar-refractivity contribution in [2.24, 2.45) is 0 Å². The van der Waals surface area contributed by atoms with Gasteiger partial charge in [0.2, 0.25) is 0 Å². The van der Waals surface area contributed by atoms with Gasteiger partial charge in [-0.3, -0.25) is 4.79 Å². The zero-order valence-electron chi connectivity index (χ0n) is 10.7. The van der Waals surface area contributed by atoms with E-state index in [4.69, 9.17) is 0 Å². The Bertz CT molecular complexity index is 414. The summed E-state index contributed by atoms with van der Waals surface area (Å²) >= 11 is 0. The number of benzene rings is 1. The molecule has 0 amide bonds. The minimum Gasteiger partial charge on any atom is -0.468 e. The van der Waals surface area contributed by atoms with Gasteiger partial charge in [0.25, 0.3) is 0 Å². The number of rotatable bonds is 5. The molecule has 0 spiro atoms. The van der Waals surface area contributed by atoms with Gasteiger partial charge in [-0.25, -0.2) is 4.79 Å². The van der Waals surface area contributed by atoms with E-state index >= 15 is 0 Å². The van der Waals surface area contributed by atoms with E-state index in [1.807, 2.05) is 12.1 Å². The van der Waals surface area contributed by atoms with E-state index in [2.05, 4.69) is 14.8 Å². The zero-order chi connectivity index (χ0) is 13.5. The van der Waals surface area contributed by atoms with Crippen molar-refractivity contribution in [3.05, 3.63) is 35.4 Å². The van der Waals surface area contributed by atoms with Crippen LogP contribution in [0.5, 0.6) is 0 Å². The molecular weight excluding hydrogens is 234 g/mol. The molecule has 0 fully saturated rings. The monoisotopic (exact) mass is 251 g/mol. The lowest BCUT2D eigenvalue weighted by Gasteiger charge is -2.11. The van der Waals surface area contributed by atoms with Crippen molar-refractivity contribution in [3.8, 4) is 0 Å². The minimum atomic E-state index is -0.365. The van der Waals surface area contributed by atoms with Gasteiger partial charge in [0, 0.05) is 6.54 Å². The number of hydrogen-bond donors (Lipinski definition) is 1. The minimum absolute atomic E-state index is 0.304. The van der Waals surface area contributed by atoms with E-state index < -0.39 is 0 Å². The van der Waals surface area contributed by atoms with Crippen molar-refractivity contribution >= 4 is 11.9 Å². The summed E-state index contributed by atoms with van der Waals surface area (Å²) in [5.41, 5.74) is 1.47. The number of carbonyl (C=O) groups excluding carboxylic acids is 2. The Morgan fingerprint density at radius 1 is 1.17 bits per heavy atom. The van der Waals surface area contributed by atoms with Crippen LogP contribution in [0.1, 0.15) is 22.8 Å². The summed E-state index contributed by atoms with van der Waals surface area (Å²) < 4.78 is 9.21. The Kier molecular flexibility index (Phi) is 5.32. The highest BCUT2D eigenvalue weighted by Gasteiger charge is 2.11. The lowest BCUT2D eigenvalue weighted by Crippen LogP contribution is -2.34. The van der Waals surface area contributed by atoms with Gasteiger partial charge in [0.1, 0.15) is 6.04 Å². The number of methoxy groups -OCH3 is 2. The highest BCUT2D eigenvalue weighted by Crippen LogP contribution is 2.06. The van der Waals surface area contributed by atoms with Gasteiger partial charge in [-0.05, 0) is 24.6 Å². The predicted molar refractivity (Wildman–Crippen MR) is 66.1 cm³/mol. The molecule has 0 radical (unpaired) electrons. The third-order valence-electron chi connectivity index (χ3n) is 2.54. The predicted octanol–water partition coefficient (Wildman–Crippen LogP) is 1.12. The summed E-state index contributed by atoms with van der Waals surface area (Å²) in [5.74, 6) is -0.668. The van der Waals surface area contributed by atoms with Crippen LogP contribution in [0.3, 0.4) is 0 Å². The molecule has 0 unspecified atom stereocenters. The van der Waals surface area contributed by atoms with Crippen molar-refractivity contribution in [1.29, 1.82) is 0 Å². The molecule has 1 aromatic carbocycles. The second kappa shape index (κ2) is 6.76. The van der Waals surface area contributed by atoms with E-state index in [1.165, 1.54) is 14.2 Å². The fourth-order valence-corrected chi connectivity index (χ4v) is 1.41. The maximum absolute atomic E-state index is 11.2. The normalized spacial score (nSPS) is 11.7. The molecule has 5 heteroatoms. The molecule has 1 N–H and O–H groups in total. The number of ether oxygens (including phenoxy) is 2. The van der Waals surface area contributed by atoms with Crippen molar-refractivity contribution < 1.29 is 19.1 Å². The maximum atomic E-state index is 11.2. The molecule has 0 saturated carbocycles. The smallest absolute Gasteiger partial charge is 0.337 e. The molecular formula is C13H17NO4. The van der Waals surface area contributed by atoms with Crippen LogP contribution in [0.4, 0.5) is 0 Å². The molecule has 0 saturated heterocycles. The summed E-state index contributed by atoms with van der Waals surface area (Å²) in [4.78, 5) is 22.4. The maximum Gasteiger partial charge on any atom is 0.337 e. The quantitative estimate of drug-likeness (QED) is 0.794. The molecule has 1 atom stereocenters. The van der Waals surface area contributed by atoms with E-state index in [1.54, 1.807) is 19.1 Å². The lowest BCUT2D eigenvalue weighted by atomic mass is 10.1. The molecule has 0 aliphatic heterocycles. The summed E-state index contributed by atoms with van der Waals surface area (Å²) in [5, 5.41) is 3.02. The number of hydrogen-bond acceptors (Lipinski definition) is 5. The molecule has 98 valence electrons. The Labute approximate surface area is 106 Å². The summed E-state index contributed by atoms with van der Waals surface area (Å²) in [6.07, 6.45) is 0. The van der Waals surface area contributed by atoms with Crippen LogP contribution in [0, 0.1) is 0 Å².